The molecule has 0 fully saturated rings. The molecule has 0 unspecified atom stereocenters. The Kier molecular flexibility index (Phi) is 5.77. The second-order valence-electron chi connectivity index (χ2n) is 13.9. The molecule has 12 aromatic rings. The number of rotatable bonds is 3. The van der Waals surface area contributed by atoms with E-state index < -0.39 is 0 Å². The summed E-state index contributed by atoms with van der Waals surface area (Å²) in [6.45, 7) is 0. The number of para-hydroxylation sites is 2. The summed E-state index contributed by atoms with van der Waals surface area (Å²) in [6, 6.07) is 60.1. The van der Waals surface area contributed by atoms with E-state index in [2.05, 4.69) is 146 Å². The molecule has 9 aromatic carbocycles. The minimum Gasteiger partial charge on any atom is -0.456 e. The first-order chi connectivity index (χ1) is 26.3. The van der Waals surface area contributed by atoms with Crippen LogP contribution in [0.4, 0.5) is 0 Å². The molecule has 3 nitrogen and oxygen atoms in total. The average Bonchev–Trinajstić information content (AvgIpc) is 3.90. The van der Waals surface area contributed by atoms with Crippen molar-refractivity contribution >= 4 is 87.4 Å². The molecule has 0 N–H and O–H groups in total. The van der Waals surface area contributed by atoms with Crippen molar-refractivity contribution in [2.45, 2.75) is 0 Å². The Bertz CT molecular complexity index is 3300. The number of fused-ring (bicyclic) bond motifs is 11. The van der Waals surface area contributed by atoms with Crippen molar-refractivity contribution in [3.8, 4) is 33.4 Å². The molecule has 0 saturated carbocycles. The largest absolute Gasteiger partial charge is 0.456 e. The second kappa shape index (κ2) is 10.7. The summed E-state index contributed by atoms with van der Waals surface area (Å²) in [4.78, 5) is 0. The van der Waals surface area contributed by atoms with Crippen molar-refractivity contribution < 1.29 is 13.3 Å². The molecule has 3 aromatic heterocycles. The van der Waals surface area contributed by atoms with E-state index in [1.54, 1.807) is 0 Å². The average molecular weight is 677 g/mol. The van der Waals surface area contributed by atoms with E-state index in [0.717, 1.165) is 82.5 Å². The van der Waals surface area contributed by atoms with Crippen LogP contribution < -0.4 is 0 Å². The van der Waals surface area contributed by atoms with Crippen molar-refractivity contribution in [2.75, 3.05) is 0 Å². The summed E-state index contributed by atoms with van der Waals surface area (Å²) in [5.74, 6) is 0. The molecule has 0 radical (unpaired) electrons. The maximum absolute atomic E-state index is 6.65. The van der Waals surface area contributed by atoms with Gasteiger partial charge in [-0.25, -0.2) is 0 Å². The zero-order valence-corrected chi connectivity index (χ0v) is 28.4. The van der Waals surface area contributed by atoms with E-state index in [9.17, 15) is 0 Å². The van der Waals surface area contributed by atoms with E-state index in [1.807, 2.05) is 24.3 Å². The summed E-state index contributed by atoms with van der Waals surface area (Å²) < 4.78 is 19.9. The highest BCUT2D eigenvalue weighted by Crippen LogP contribution is 2.47. The lowest BCUT2D eigenvalue weighted by Crippen LogP contribution is -1.90. The van der Waals surface area contributed by atoms with Crippen molar-refractivity contribution in [1.29, 1.82) is 0 Å². The van der Waals surface area contributed by atoms with E-state index in [4.69, 9.17) is 13.3 Å². The van der Waals surface area contributed by atoms with Crippen LogP contribution in [0, 0.1) is 0 Å². The monoisotopic (exact) mass is 676 g/mol. The second-order valence-corrected chi connectivity index (χ2v) is 13.9. The molecule has 0 saturated heterocycles. The number of furan rings is 3. The maximum atomic E-state index is 6.65. The van der Waals surface area contributed by atoms with Crippen LogP contribution in [0.15, 0.2) is 183 Å². The molecule has 0 aliphatic carbocycles. The van der Waals surface area contributed by atoms with E-state index in [1.165, 1.54) is 38.2 Å². The minimum absolute atomic E-state index is 0.824. The summed E-state index contributed by atoms with van der Waals surface area (Å²) in [7, 11) is 0. The van der Waals surface area contributed by atoms with Gasteiger partial charge in [-0.15, -0.1) is 0 Å². The minimum atomic E-state index is 0.824. The molecule has 0 bridgehead atoms. The SMILES string of the molecule is c1ccc(-c2c3ccccc3c(-c3ccc4c(c3)oc3ccc(-c5c6oc7ccccc7c6cc6c5oc5ccccc56)cc34)c3ccccc23)cc1. The first-order valence-corrected chi connectivity index (χ1v) is 18.0. The highest BCUT2D eigenvalue weighted by Gasteiger charge is 2.23. The molecule has 246 valence electrons. The molecule has 0 amide bonds. The van der Waals surface area contributed by atoms with E-state index >= 15 is 0 Å². The highest BCUT2D eigenvalue weighted by atomic mass is 16.3. The van der Waals surface area contributed by atoms with Crippen molar-refractivity contribution in [3.05, 3.63) is 170 Å². The fourth-order valence-corrected chi connectivity index (χ4v) is 8.74. The van der Waals surface area contributed by atoms with Crippen LogP contribution in [0.2, 0.25) is 0 Å². The molecule has 0 spiro atoms. The van der Waals surface area contributed by atoms with E-state index in [-0.39, 0.29) is 0 Å². The van der Waals surface area contributed by atoms with Gasteiger partial charge in [0, 0.05) is 32.3 Å². The third-order valence-electron chi connectivity index (χ3n) is 11.1. The van der Waals surface area contributed by atoms with Crippen LogP contribution in [0.1, 0.15) is 0 Å². The zero-order chi connectivity index (χ0) is 34.6. The predicted molar refractivity (Wildman–Crippen MR) is 220 cm³/mol. The van der Waals surface area contributed by atoms with Gasteiger partial charge in [0.1, 0.15) is 33.5 Å². The molecular formula is C50H28O3. The van der Waals surface area contributed by atoms with Gasteiger partial charge < -0.3 is 13.3 Å². The molecule has 53 heavy (non-hydrogen) atoms. The Hall–Kier alpha value is -7.10. The lowest BCUT2D eigenvalue weighted by atomic mass is 9.86. The quantitative estimate of drug-likeness (QED) is 0.175. The fraction of sp³-hybridized carbons (Fsp3) is 0. The summed E-state index contributed by atoms with van der Waals surface area (Å²) >= 11 is 0. The summed E-state index contributed by atoms with van der Waals surface area (Å²) in [5.41, 5.74) is 11.8. The van der Waals surface area contributed by atoms with Crippen LogP contribution in [0.5, 0.6) is 0 Å². The van der Waals surface area contributed by atoms with Crippen LogP contribution in [-0.4, -0.2) is 0 Å². The standard InChI is InChI=1S/C50H28O3/c1-2-12-29(13-3-1)46-35-16-4-6-18-37(35)47(38-19-7-5-17-36(38)46)31-22-24-34-39-26-30(23-25-44(39)51-45(34)27-31)48-49-40(32-14-8-10-20-42(32)52-49)28-41-33-15-9-11-21-43(33)53-50(41)48/h1-28H. The number of hydrogen-bond donors (Lipinski definition) is 0. The Labute approximate surface area is 302 Å². The molecule has 0 aliphatic rings. The molecule has 0 atom stereocenters. The van der Waals surface area contributed by atoms with Crippen molar-refractivity contribution in [1.82, 2.24) is 0 Å². The summed E-state index contributed by atoms with van der Waals surface area (Å²) in [5, 5.41) is 11.4. The third kappa shape index (κ3) is 4.05. The van der Waals surface area contributed by atoms with Gasteiger partial charge in [0.05, 0.1) is 5.56 Å². The smallest absolute Gasteiger partial charge is 0.147 e. The Balaban J connectivity index is 1.09. The maximum Gasteiger partial charge on any atom is 0.147 e. The Morgan fingerprint density at radius 2 is 0.679 bits per heavy atom. The Morgan fingerprint density at radius 1 is 0.226 bits per heavy atom. The van der Waals surface area contributed by atoms with Crippen LogP contribution in [0.25, 0.3) is 121 Å². The van der Waals surface area contributed by atoms with Gasteiger partial charge in [0.15, 0.2) is 0 Å². The van der Waals surface area contributed by atoms with Crippen LogP contribution >= 0.6 is 0 Å². The lowest BCUT2D eigenvalue weighted by molar-refractivity contribution is 0.658. The first kappa shape index (κ1) is 28.6. The Morgan fingerprint density at radius 3 is 1.28 bits per heavy atom. The first-order valence-electron chi connectivity index (χ1n) is 18.0. The third-order valence-corrected chi connectivity index (χ3v) is 11.1. The van der Waals surface area contributed by atoms with Crippen LogP contribution in [-0.2, 0) is 0 Å². The van der Waals surface area contributed by atoms with Gasteiger partial charge in [0.2, 0.25) is 0 Å². The predicted octanol–water partition coefficient (Wildman–Crippen LogP) is 14.7. The van der Waals surface area contributed by atoms with E-state index in [0.29, 0.717) is 0 Å². The van der Waals surface area contributed by atoms with Crippen LogP contribution in [0.3, 0.4) is 0 Å². The normalized spacial score (nSPS) is 12.2. The van der Waals surface area contributed by atoms with Gasteiger partial charge >= 0.3 is 0 Å². The fourth-order valence-electron chi connectivity index (χ4n) is 8.74. The van der Waals surface area contributed by atoms with Crippen molar-refractivity contribution in [3.63, 3.8) is 0 Å². The van der Waals surface area contributed by atoms with Gasteiger partial charge in [-0.2, -0.15) is 0 Å². The van der Waals surface area contributed by atoms with Gasteiger partial charge in [-0.05, 0) is 91.8 Å². The molecule has 3 heterocycles. The molecule has 12 rings (SSSR count). The lowest BCUT2D eigenvalue weighted by Gasteiger charge is -2.17. The molecular weight excluding hydrogens is 649 g/mol. The van der Waals surface area contributed by atoms with Gasteiger partial charge in [-0.3, -0.25) is 0 Å². The highest BCUT2D eigenvalue weighted by molar-refractivity contribution is 6.24. The van der Waals surface area contributed by atoms with Crippen molar-refractivity contribution in [2.24, 2.45) is 0 Å². The van der Waals surface area contributed by atoms with Gasteiger partial charge in [0.25, 0.3) is 0 Å². The van der Waals surface area contributed by atoms with Gasteiger partial charge in [-0.1, -0.05) is 127 Å². The topological polar surface area (TPSA) is 39.4 Å². The molecule has 3 heteroatoms. The number of hydrogen-bond acceptors (Lipinski definition) is 3. The number of benzene rings is 9. The molecule has 0 aliphatic heterocycles. The zero-order valence-electron chi connectivity index (χ0n) is 28.4. The summed E-state index contributed by atoms with van der Waals surface area (Å²) in [6.07, 6.45) is 0.